The van der Waals surface area contributed by atoms with Crippen LogP contribution in [-0.4, -0.2) is 12.1 Å². The molecule has 0 spiro atoms. The van der Waals surface area contributed by atoms with Gasteiger partial charge in [-0.3, -0.25) is 4.79 Å². The van der Waals surface area contributed by atoms with Crippen LogP contribution in [0.2, 0.25) is 0 Å². The van der Waals surface area contributed by atoms with E-state index in [9.17, 15) is 4.79 Å². The van der Waals surface area contributed by atoms with Gasteiger partial charge in [0.05, 0.1) is 6.10 Å². The molecule has 24 heavy (non-hydrogen) atoms. The Morgan fingerprint density at radius 3 is 1.88 bits per heavy atom. The largest absolute Gasteiger partial charge is 0.463 e. The van der Waals surface area contributed by atoms with Crippen LogP contribution >= 0.6 is 0 Å². The predicted octanol–water partition coefficient (Wildman–Crippen LogP) is 7.30. The molecule has 0 amide bonds. The lowest BCUT2D eigenvalue weighted by atomic mass is 9.84. The third-order valence-electron chi connectivity index (χ3n) is 4.52. The Labute approximate surface area is 152 Å². The maximum atomic E-state index is 12.0. The summed E-state index contributed by atoms with van der Waals surface area (Å²) in [5.74, 6) is 0.382. The van der Waals surface area contributed by atoms with Gasteiger partial charge >= 0.3 is 5.97 Å². The quantitative estimate of drug-likeness (QED) is 0.245. The number of rotatable bonds is 14. The fourth-order valence-corrected chi connectivity index (χ4v) is 3.48. The third kappa shape index (κ3) is 16.3. The van der Waals surface area contributed by atoms with Crippen molar-refractivity contribution >= 4 is 5.97 Å². The van der Waals surface area contributed by atoms with Gasteiger partial charge < -0.3 is 4.74 Å². The molecule has 0 aliphatic carbocycles. The number of hydrogen-bond donors (Lipinski definition) is 0. The van der Waals surface area contributed by atoms with Crippen molar-refractivity contribution in [1.29, 1.82) is 0 Å². The summed E-state index contributed by atoms with van der Waals surface area (Å²) in [5.41, 5.74) is 0.280. The molecule has 0 bridgehead atoms. The smallest absolute Gasteiger partial charge is 0.306 e. The number of esters is 1. The number of hydrogen-bond acceptors (Lipinski definition) is 2. The van der Waals surface area contributed by atoms with Crippen molar-refractivity contribution in [1.82, 2.24) is 0 Å². The van der Waals surface area contributed by atoms with Crippen molar-refractivity contribution in [2.75, 3.05) is 0 Å². The molecule has 0 saturated carbocycles. The summed E-state index contributed by atoms with van der Waals surface area (Å²) in [7, 11) is 0. The van der Waals surface area contributed by atoms with Crippen molar-refractivity contribution in [3.8, 4) is 0 Å². The van der Waals surface area contributed by atoms with Crippen LogP contribution in [-0.2, 0) is 9.53 Å². The summed E-state index contributed by atoms with van der Waals surface area (Å²) in [4.78, 5) is 12.0. The first-order valence-corrected chi connectivity index (χ1v) is 10.4. The molecule has 2 unspecified atom stereocenters. The summed E-state index contributed by atoms with van der Waals surface area (Å²) < 4.78 is 5.57. The van der Waals surface area contributed by atoms with Gasteiger partial charge in [0.25, 0.3) is 0 Å². The maximum Gasteiger partial charge on any atom is 0.306 e. The average molecular weight is 341 g/mol. The molecule has 0 N–H and O–H groups in total. The molecule has 0 aromatic heterocycles. The molecular formula is C22H44O2. The summed E-state index contributed by atoms with van der Waals surface area (Å²) in [6.07, 6.45) is 14.7. The Hall–Kier alpha value is -0.530. The van der Waals surface area contributed by atoms with E-state index in [0.717, 1.165) is 12.8 Å². The van der Waals surface area contributed by atoms with Crippen molar-refractivity contribution in [2.24, 2.45) is 11.3 Å². The minimum Gasteiger partial charge on any atom is -0.463 e. The van der Waals surface area contributed by atoms with Crippen LogP contribution in [0.4, 0.5) is 0 Å². The zero-order chi connectivity index (χ0) is 18.4. The summed E-state index contributed by atoms with van der Waals surface area (Å²) in [5, 5.41) is 0. The van der Waals surface area contributed by atoms with Crippen LogP contribution < -0.4 is 0 Å². The van der Waals surface area contributed by atoms with Gasteiger partial charge in [-0.15, -0.1) is 0 Å². The van der Waals surface area contributed by atoms with E-state index in [1.54, 1.807) is 0 Å². The third-order valence-corrected chi connectivity index (χ3v) is 4.52. The summed E-state index contributed by atoms with van der Waals surface area (Å²) in [6.45, 7) is 13.1. The van der Waals surface area contributed by atoms with Crippen molar-refractivity contribution in [3.05, 3.63) is 0 Å². The average Bonchev–Trinajstić information content (AvgIpc) is 2.43. The Morgan fingerprint density at radius 2 is 1.38 bits per heavy atom. The van der Waals surface area contributed by atoms with Crippen molar-refractivity contribution < 1.29 is 9.53 Å². The van der Waals surface area contributed by atoms with Gasteiger partial charge in [-0.25, -0.2) is 0 Å². The van der Waals surface area contributed by atoms with Crippen LogP contribution in [0.1, 0.15) is 119 Å². The Bertz CT molecular complexity index is 304. The maximum absolute atomic E-state index is 12.0. The fraction of sp³-hybridized carbons (Fsp3) is 0.955. The highest BCUT2D eigenvalue weighted by Gasteiger charge is 2.19. The zero-order valence-corrected chi connectivity index (χ0v) is 17.5. The molecule has 0 saturated heterocycles. The highest BCUT2D eigenvalue weighted by Crippen LogP contribution is 2.26. The minimum absolute atomic E-state index is 0.0184. The van der Waals surface area contributed by atoms with Gasteiger partial charge in [0.2, 0.25) is 0 Å². The van der Waals surface area contributed by atoms with E-state index < -0.39 is 0 Å². The normalized spacial score (nSPS) is 14.4. The second kappa shape index (κ2) is 13.7. The van der Waals surface area contributed by atoms with Gasteiger partial charge in [0.1, 0.15) is 0 Å². The molecule has 2 heteroatoms. The molecule has 0 fully saturated rings. The predicted molar refractivity (Wildman–Crippen MR) is 105 cm³/mol. The number of carbonyl (C=O) groups is 1. The van der Waals surface area contributed by atoms with Gasteiger partial charge in [-0.05, 0) is 37.5 Å². The second-order valence-corrected chi connectivity index (χ2v) is 8.99. The van der Waals surface area contributed by atoms with Gasteiger partial charge in [0, 0.05) is 6.42 Å². The van der Waals surface area contributed by atoms with Crippen LogP contribution in [0.5, 0.6) is 0 Å². The first-order chi connectivity index (χ1) is 11.2. The highest BCUT2D eigenvalue weighted by atomic mass is 16.5. The van der Waals surface area contributed by atoms with E-state index in [0.29, 0.717) is 12.3 Å². The molecule has 0 heterocycles. The molecule has 0 aliphatic rings. The Kier molecular flexibility index (Phi) is 13.4. The SMILES string of the molecule is CCCCCCCCCCCC(C)OC(=O)CC(C)CC(C)(C)C. The monoisotopic (exact) mass is 340 g/mol. The van der Waals surface area contributed by atoms with Crippen LogP contribution in [0, 0.1) is 11.3 Å². The molecule has 0 aliphatic heterocycles. The summed E-state index contributed by atoms with van der Waals surface area (Å²) >= 11 is 0. The van der Waals surface area contributed by atoms with Gasteiger partial charge in [-0.1, -0.05) is 86.0 Å². The van der Waals surface area contributed by atoms with E-state index in [4.69, 9.17) is 4.74 Å². The molecule has 0 aromatic rings. The van der Waals surface area contributed by atoms with Crippen molar-refractivity contribution in [3.63, 3.8) is 0 Å². The zero-order valence-electron chi connectivity index (χ0n) is 17.5. The number of carbonyl (C=O) groups excluding carboxylic acids is 1. The molecule has 2 nitrogen and oxygen atoms in total. The van der Waals surface area contributed by atoms with Crippen LogP contribution in [0.3, 0.4) is 0 Å². The van der Waals surface area contributed by atoms with E-state index in [2.05, 4.69) is 34.6 Å². The van der Waals surface area contributed by atoms with E-state index >= 15 is 0 Å². The van der Waals surface area contributed by atoms with E-state index in [1.807, 2.05) is 6.92 Å². The lowest BCUT2D eigenvalue weighted by Gasteiger charge is -2.23. The Balaban J connectivity index is 3.57. The lowest BCUT2D eigenvalue weighted by Crippen LogP contribution is -2.19. The first-order valence-electron chi connectivity index (χ1n) is 10.4. The second-order valence-electron chi connectivity index (χ2n) is 8.99. The van der Waals surface area contributed by atoms with Crippen molar-refractivity contribution in [2.45, 2.75) is 125 Å². The van der Waals surface area contributed by atoms with Gasteiger partial charge in [-0.2, -0.15) is 0 Å². The first kappa shape index (κ1) is 23.5. The molecule has 0 rings (SSSR count). The fourth-order valence-electron chi connectivity index (χ4n) is 3.48. The molecule has 0 radical (unpaired) electrons. The summed E-state index contributed by atoms with van der Waals surface area (Å²) in [6, 6.07) is 0. The molecule has 144 valence electrons. The van der Waals surface area contributed by atoms with E-state index in [1.165, 1.54) is 57.8 Å². The lowest BCUT2D eigenvalue weighted by molar-refractivity contribution is -0.149. The van der Waals surface area contributed by atoms with Gasteiger partial charge in [0.15, 0.2) is 0 Å². The molecule has 0 aromatic carbocycles. The molecule has 2 atom stereocenters. The number of ether oxygens (including phenoxy) is 1. The van der Waals surface area contributed by atoms with Crippen LogP contribution in [0.25, 0.3) is 0 Å². The highest BCUT2D eigenvalue weighted by molar-refractivity contribution is 5.69. The Morgan fingerprint density at radius 1 is 0.875 bits per heavy atom. The van der Waals surface area contributed by atoms with Crippen LogP contribution in [0.15, 0.2) is 0 Å². The standard InChI is InChI=1S/C22H44O2/c1-7-8-9-10-11-12-13-14-15-16-20(3)24-21(23)17-19(2)18-22(4,5)6/h19-20H,7-18H2,1-6H3. The topological polar surface area (TPSA) is 26.3 Å². The number of unbranched alkanes of at least 4 members (excludes halogenated alkanes) is 8. The minimum atomic E-state index is -0.0184. The molecular weight excluding hydrogens is 296 g/mol. The van der Waals surface area contributed by atoms with E-state index in [-0.39, 0.29) is 17.5 Å².